The van der Waals surface area contributed by atoms with Gasteiger partial charge >= 0.3 is 0 Å². The molecule has 0 radical (unpaired) electrons. The SMILES string of the molecule is Cc1ccc(C)c(-c2cc3cc(-c4ccc(F)cc4)ccc3c[n+]2C)c1. The molecule has 0 saturated heterocycles. The molecule has 1 aromatic heterocycles. The lowest BCUT2D eigenvalue weighted by molar-refractivity contribution is -0.659. The summed E-state index contributed by atoms with van der Waals surface area (Å²) in [4.78, 5) is 0. The largest absolute Gasteiger partial charge is 0.213 e. The Balaban J connectivity index is 1.89. The minimum atomic E-state index is -0.209. The summed E-state index contributed by atoms with van der Waals surface area (Å²) >= 11 is 0. The van der Waals surface area contributed by atoms with Crippen molar-refractivity contribution in [3.05, 3.63) is 89.9 Å². The minimum Gasteiger partial charge on any atom is -0.207 e. The number of pyridine rings is 1. The Hall–Kier alpha value is -3.00. The zero-order valence-electron chi connectivity index (χ0n) is 15.3. The number of nitrogens with zero attached hydrogens (tertiary/aromatic N) is 1. The Morgan fingerprint density at radius 1 is 0.731 bits per heavy atom. The normalized spacial score (nSPS) is 11.1. The Labute approximate surface area is 153 Å². The van der Waals surface area contributed by atoms with Gasteiger partial charge in [0.15, 0.2) is 6.20 Å². The summed E-state index contributed by atoms with van der Waals surface area (Å²) in [6.45, 7) is 4.27. The van der Waals surface area contributed by atoms with Gasteiger partial charge in [0, 0.05) is 17.0 Å². The van der Waals surface area contributed by atoms with E-state index in [1.165, 1.54) is 45.3 Å². The molecule has 0 bridgehead atoms. The van der Waals surface area contributed by atoms with Gasteiger partial charge in [0.1, 0.15) is 12.9 Å². The molecule has 2 heteroatoms. The van der Waals surface area contributed by atoms with Gasteiger partial charge in [0.2, 0.25) is 5.69 Å². The van der Waals surface area contributed by atoms with Crippen LogP contribution in [0.4, 0.5) is 4.39 Å². The minimum absolute atomic E-state index is 0.209. The van der Waals surface area contributed by atoms with Gasteiger partial charge in [0.25, 0.3) is 0 Å². The van der Waals surface area contributed by atoms with Crippen molar-refractivity contribution in [1.29, 1.82) is 0 Å². The van der Waals surface area contributed by atoms with Gasteiger partial charge in [-0.2, -0.15) is 0 Å². The molecule has 0 N–H and O–H groups in total. The van der Waals surface area contributed by atoms with Crippen LogP contribution in [-0.4, -0.2) is 0 Å². The lowest BCUT2D eigenvalue weighted by atomic mass is 9.98. The van der Waals surface area contributed by atoms with Crippen LogP contribution in [0, 0.1) is 19.7 Å². The van der Waals surface area contributed by atoms with Gasteiger partial charge in [-0.15, -0.1) is 0 Å². The molecule has 3 aromatic carbocycles. The van der Waals surface area contributed by atoms with Gasteiger partial charge in [0.05, 0.1) is 0 Å². The predicted octanol–water partition coefficient (Wildman–Crippen LogP) is 5.75. The van der Waals surface area contributed by atoms with Crippen LogP contribution >= 0.6 is 0 Å². The summed E-state index contributed by atoms with van der Waals surface area (Å²) in [5.41, 5.74) is 7.08. The Morgan fingerprint density at radius 2 is 1.46 bits per heavy atom. The van der Waals surface area contributed by atoms with Crippen LogP contribution in [0.2, 0.25) is 0 Å². The fourth-order valence-corrected chi connectivity index (χ4v) is 3.45. The zero-order valence-corrected chi connectivity index (χ0v) is 15.3. The van der Waals surface area contributed by atoms with Crippen LogP contribution in [0.1, 0.15) is 11.1 Å². The Bertz CT molecular complexity index is 1110. The second kappa shape index (κ2) is 6.38. The van der Waals surface area contributed by atoms with E-state index < -0.39 is 0 Å². The molecule has 128 valence electrons. The van der Waals surface area contributed by atoms with Crippen molar-refractivity contribution >= 4 is 10.8 Å². The Kier molecular flexibility index (Phi) is 4.04. The van der Waals surface area contributed by atoms with E-state index in [1.807, 2.05) is 12.1 Å². The third-order valence-corrected chi connectivity index (χ3v) is 4.94. The van der Waals surface area contributed by atoms with E-state index in [2.05, 4.69) is 74.1 Å². The molecule has 0 atom stereocenters. The Morgan fingerprint density at radius 3 is 2.23 bits per heavy atom. The number of aromatic nitrogens is 1. The topological polar surface area (TPSA) is 3.88 Å². The number of fused-ring (bicyclic) bond motifs is 1. The second-order valence-electron chi connectivity index (χ2n) is 6.94. The number of hydrogen-bond acceptors (Lipinski definition) is 0. The molecular formula is C24H21FN+. The molecule has 0 aliphatic heterocycles. The first-order valence-corrected chi connectivity index (χ1v) is 8.78. The molecule has 26 heavy (non-hydrogen) atoms. The van der Waals surface area contributed by atoms with Crippen molar-refractivity contribution in [2.45, 2.75) is 13.8 Å². The molecule has 0 saturated carbocycles. The summed E-state index contributed by atoms with van der Waals surface area (Å²) in [6, 6.07) is 21.8. The summed E-state index contributed by atoms with van der Waals surface area (Å²) in [7, 11) is 2.09. The maximum absolute atomic E-state index is 13.2. The van der Waals surface area contributed by atoms with E-state index in [9.17, 15) is 4.39 Å². The molecule has 4 rings (SSSR count). The quantitative estimate of drug-likeness (QED) is 0.408. The van der Waals surface area contributed by atoms with Crippen molar-refractivity contribution in [3.63, 3.8) is 0 Å². The highest BCUT2D eigenvalue weighted by atomic mass is 19.1. The third-order valence-electron chi connectivity index (χ3n) is 4.94. The molecule has 0 amide bonds. The average molecular weight is 342 g/mol. The van der Waals surface area contributed by atoms with Crippen LogP contribution in [-0.2, 0) is 7.05 Å². The number of halogens is 1. The number of rotatable bonds is 2. The standard InChI is InChI=1S/C24H21FN/c1-16-4-5-17(2)23(12-16)24-14-21-13-19(6-7-20(21)15-26(24)3)18-8-10-22(25)11-9-18/h4-15H,1-3H3/q+1. The van der Waals surface area contributed by atoms with E-state index in [0.717, 1.165) is 11.1 Å². The number of aryl methyl sites for hydroxylation is 3. The van der Waals surface area contributed by atoms with Crippen molar-refractivity contribution in [2.75, 3.05) is 0 Å². The van der Waals surface area contributed by atoms with Crippen LogP contribution in [0.3, 0.4) is 0 Å². The molecule has 0 aliphatic rings. The summed E-state index contributed by atoms with van der Waals surface area (Å²) < 4.78 is 15.4. The van der Waals surface area contributed by atoms with E-state index in [1.54, 1.807) is 0 Å². The summed E-state index contributed by atoms with van der Waals surface area (Å²) in [6.07, 6.45) is 2.17. The molecule has 0 fully saturated rings. The van der Waals surface area contributed by atoms with Gasteiger partial charge < -0.3 is 0 Å². The molecule has 1 nitrogen and oxygen atoms in total. The highest BCUT2D eigenvalue weighted by Gasteiger charge is 2.14. The molecule has 0 unspecified atom stereocenters. The van der Waals surface area contributed by atoms with Crippen molar-refractivity contribution in [1.82, 2.24) is 0 Å². The van der Waals surface area contributed by atoms with Crippen LogP contribution in [0.5, 0.6) is 0 Å². The van der Waals surface area contributed by atoms with Gasteiger partial charge in [-0.1, -0.05) is 35.9 Å². The number of hydrogen-bond donors (Lipinski definition) is 0. The highest BCUT2D eigenvalue weighted by Crippen LogP contribution is 2.28. The van der Waals surface area contributed by atoms with Gasteiger partial charge in [-0.3, -0.25) is 0 Å². The van der Waals surface area contributed by atoms with E-state index in [4.69, 9.17) is 0 Å². The zero-order chi connectivity index (χ0) is 18.3. The molecule has 0 spiro atoms. The fraction of sp³-hybridized carbons (Fsp3) is 0.125. The maximum atomic E-state index is 13.2. The molecule has 1 heterocycles. The monoisotopic (exact) mass is 342 g/mol. The van der Waals surface area contributed by atoms with Crippen molar-refractivity contribution in [2.24, 2.45) is 7.05 Å². The van der Waals surface area contributed by atoms with E-state index >= 15 is 0 Å². The highest BCUT2D eigenvalue weighted by molar-refractivity contribution is 5.88. The molecule has 0 aliphatic carbocycles. The summed E-state index contributed by atoms with van der Waals surface area (Å²) in [5, 5.41) is 2.37. The van der Waals surface area contributed by atoms with E-state index in [0.29, 0.717) is 0 Å². The maximum Gasteiger partial charge on any atom is 0.213 e. The van der Waals surface area contributed by atoms with Crippen molar-refractivity contribution < 1.29 is 8.96 Å². The van der Waals surface area contributed by atoms with Crippen LogP contribution < -0.4 is 4.57 Å². The fourth-order valence-electron chi connectivity index (χ4n) is 3.45. The first-order chi connectivity index (χ1) is 12.5. The van der Waals surface area contributed by atoms with Gasteiger partial charge in [-0.05, 0) is 66.3 Å². The van der Waals surface area contributed by atoms with Crippen LogP contribution in [0.15, 0.2) is 72.9 Å². The van der Waals surface area contributed by atoms with Crippen molar-refractivity contribution in [3.8, 4) is 22.4 Å². The average Bonchev–Trinajstić information content (AvgIpc) is 2.63. The third kappa shape index (κ3) is 2.99. The summed E-state index contributed by atoms with van der Waals surface area (Å²) in [5.74, 6) is -0.209. The lowest BCUT2D eigenvalue weighted by Crippen LogP contribution is -2.30. The molecular weight excluding hydrogens is 321 g/mol. The first kappa shape index (κ1) is 16.5. The van der Waals surface area contributed by atoms with Gasteiger partial charge in [-0.25, -0.2) is 8.96 Å². The molecule has 4 aromatic rings. The number of benzene rings is 3. The predicted molar refractivity (Wildman–Crippen MR) is 105 cm³/mol. The lowest BCUT2D eigenvalue weighted by Gasteiger charge is -2.08. The first-order valence-electron chi connectivity index (χ1n) is 8.78. The van der Waals surface area contributed by atoms with E-state index in [-0.39, 0.29) is 5.82 Å². The smallest absolute Gasteiger partial charge is 0.207 e. The van der Waals surface area contributed by atoms with Crippen LogP contribution in [0.25, 0.3) is 33.2 Å². The second-order valence-corrected chi connectivity index (χ2v) is 6.94.